The zero-order valence-corrected chi connectivity index (χ0v) is 7.79. The lowest BCUT2D eigenvalue weighted by Gasteiger charge is -2.33. The van der Waals surface area contributed by atoms with Crippen molar-refractivity contribution in [3.05, 3.63) is 0 Å². The zero-order valence-electron chi connectivity index (χ0n) is 7.79. The quantitative estimate of drug-likeness (QED) is 0.725. The summed E-state index contributed by atoms with van der Waals surface area (Å²) in [5, 5.41) is 9.21. The average molecular weight is 184 g/mol. The number of carbonyl (C=O) groups is 1. The molecule has 74 valence electrons. The molecule has 1 aliphatic carbocycles. The van der Waals surface area contributed by atoms with E-state index in [4.69, 9.17) is 4.74 Å². The lowest BCUT2D eigenvalue weighted by molar-refractivity contribution is -0.155. The highest BCUT2D eigenvalue weighted by atomic mass is 16.5. The van der Waals surface area contributed by atoms with E-state index >= 15 is 0 Å². The van der Waals surface area contributed by atoms with Crippen LogP contribution in [0, 0.1) is 11.3 Å². The maximum absolute atomic E-state index is 11.2. The number of rotatable bonds is 3. The minimum atomic E-state index is -0.609. The molecule has 1 saturated carbocycles. The van der Waals surface area contributed by atoms with Gasteiger partial charge in [0.1, 0.15) is 0 Å². The maximum atomic E-state index is 11.2. The van der Waals surface area contributed by atoms with E-state index in [1.807, 2.05) is 0 Å². The molecule has 0 atom stereocenters. The number of aliphatic carboxylic acids is 1. The number of carboxylic acids is 1. The van der Waals surface area contributed by atoms with Crippen LogP contribution in [0.15, 0.2) is 0 Å². The highest BCUT2D eigenvalue weighted by Gasteiger charge is 2.43. The van der Waals surface area contributed by atoms with Crippen molar-refractivity contribution < 1.29 is 14.6 Å². The minimum absolute atomic E-state index is 0.445. The summed E-state index contributed by atoms with van der Waals surface area (Å²) in [6, 6.07) is 0. The molecule has 1 N–H and O–H groups in total. The van der Waals surface area contributed by atoms with Crippen LogP contribution >= 0.6 is 0 Å². The summed E-state index contributed by atoms with van der Waals surface area (Å²) < 4.78 is 5.21. The summed E-state index contributed by atoms with van der Waals surface area (Å²) in [6.45, 7) is 1.25. The Hall–Kier alpha value is -0.570. The van der Waals surface area contributed by atoms with Gasteiger partial charge in [-0.15, -0.1) is 0 Å². The van der Waals surface area contributed by atoms with Gasteiger partial charge in [0.05, 0.1) is 5.41 Å². The summed E-state index contributed by atoms with van der Waals surface area (Å²) in [5.41, 5.74) is -0.445. The minimum Gasteiger partial charge on any atom is -0.481 e. The first kappa shape index (κ1) is 9.00. The predicted molar refractivity (Wildman–Crippen MR) is 47.5 cm³/mol. The first-order valence-corrected chi connectivity index (χ1v) is 5.04. The van der Waals surface area contributed by atoms with Gasteiger partial charge >= 0.3 is 5.97 Å². The van der Waals surface area contributed by atoms with Crippen molar-refractivity contribution >= 4 is 5.97 Å². The topological polar surface area (TPSA) is 46.5 Å². The molecule has 1 aliphatic heterocycles. The second-order valence-corrected chi connectivity index (χ2v) is 4.35. The predicted octanol–water partition coefficient (Wildman–Crippen LogP) is 1.67. The summed E-state index contributed by atoms with van der Waals surface area (Å²) in [4.78, 5) is 11.2. The molecular formula is C10H16O3. The van der Waals surface area contributed by atoms with Gasteiger partial charge in [0.25, 0.3) is 0 Å². The fourth-order valence-corrected chi connectivity index (χ4v) is 2.14. The monoisotopic (exact) mass is 184 g/mol. The number of carboxylic acid groups (broad SMARTS) is 1. The van der Waals surface area contributed by atoms with Crippen molar-refractivity contribution in [1.82, 2.24) is 0 Å². The molecule has 0 aromatic rings. The highest BCUT2D eigenvalue weighted by Crippen LogP contribution is 2.45. The third-order valence-electron chi connectivity index (χ3n) is 3.28. The van der Waals surface area contributed by atoms with Gasteiger partial charge in [0.15, 0.2) is 0 Å². The van der Waals surface area contributed by atoms with Crippen LogP contribution in [0.3, 0.4) is 0 Å². The third-order valence-corrected chi connectivity index (χ3v) is 3.28. The van der Waals surface area contributed by atoms with E-state index in [0.29, 0.717) is 32.0 Å². The van der Waals surface area contributed by atoms with Gasteiger partial charge in [-0.2, -0.15) is 0 Å². The molecule has 0 bridgehead atoms. The van der Waals surface area contributed by atoms with E-state index in [-0.39, 0.29) is 0 Å². The summed E-state index contributed by atoms with van der Waals surface area (Å²) in [7, 11) is 0. The zero-order chi connectivity index (χ0) is 9.31. The fourth-order valence-electron chi connectivity index (χ4n) is 2.14. The van der Waals surface area contributed by atoms with Crippen LogP contribution in [0.1, 0.15) is 32.1 Å². The van der Waals surface area contributed by atoms with E-state index in [0.717, 1.165) is 6.42 Å². The second kappa shape index (κ2) is 3.29. The standard InChI is InChI=1S/C10H16O3/c11-9(12)10(7-8-1-2-8)3-5-13-6-4-10/h8H,1-7H2,(H,11,12). The molecule has 0 aromatic carbocycles. The Morgan fingerprint density at radius 1 is 1.38 bits per heavy atom. The van der Waals surface area contributed by atoms with Crippen LogP contribution < -0.4 is 0 Å². The highest BCUT2D eigenvalue weighted by molar-refractivity contribution is 5.74. The van der Waals surface area contributed by atoms with Crippen molar-refractivity contribution in [1.29, 1.82) is 0 Å². The lowest BCUT2D eigenvalue weighted by atomic mass is 9.76. The Balaban J connectivity index is 2.02. The first-order valence-electron chi connectivity index (χ1n) is 5.04. The Morgan fingerprint density at radius 3 is 2.46 bits per heavy atom. The molecule has 0 aromatic heterocycles. The molecule has 0 amide bonds. The van der Waals surface area contributed by atoms with Crippen LogP contribution in [-0.4, -0.2) is 24.3 Å². The smallest absolute Gasteiger partial charge is 0.309 e. The van der Waals surface area contributed by atoms with E-state index in [1.54, 1.807) is 0 Å². The van der Waals surface area contributed by atoms with Crippen molar-refractivity contribution in [2.75, 3.05) is 13.2 Å². The molecule has 0 radical (unpaired) electrons. The molecule has 2 aliphatic rings. The van der Waals surface area contributed by atoms with Crippen molar-refractivity contribution in [2.24, 2.45) is 11.3 Å². The van der Waals surface area contributed by atoms with Crippen LogP contribution in [0.25, 0.3) is 0 Å². The molecule has 2 rings (SSSR count). The van der Waals surface area contributed by atoms with Gasteiger partial charge in [-0.05, 0) is 25.2 Å². The van der Waals surface area contributed by atoms with Crippen LogP contribution in [0.2, 0.25) is 0 Å². The number of hydrogen-bond acceptors (Lipinski definition) is 2. The average Bonchev–Trinajstić information content (AvgIpc) is 2.90. The summed E-state index contributed by atoms with van der Waals surface area (Å²) in [5.74, 6) is 0.0805. The molecule has 0 unspecified atom stereocenters. The van der Waals surface area contributed by atoms with E-state index in [9.17, 15) is 9.90 Å². The van der Waals surface area contributed by atoms with Crippen molar-refractivity contribution in [2.45, 2.75) is 32.1 Å². The first-order chi connectivity index (χ1) is 6.23. The third kappa shape index (κ3) is 1.85. The van der Waals surface area contributed by atoms with Crippen molar-refractivity contribution in [3.8, 4) is 0 Å². The van der Waals surface area contributed by atoms with Gasteiger partial charge in [0.2, 0.25) is 0 Å². The van der Waals surface area contributed by atoms with E-state index < -0.39 is 11.4 Å². The molecule has 3 heteroatoms. The maximum Gasteiger partial charge on any atom is 0.309 e. The van der Waals surface area contributed by atoms with E-state index in [2.05, 4.69) is 0 Å². The molecule has 3 nitrogen and oxygen atoms in total. The van der Waals surface area contributed by atoms with Gasteiger partial charge < -0.3 is 9.84 Å². The Labute approximate surface area is 78.1 Å². The van der Waals surface area contributed by atoms with E-state index in [1.165, 1.54) is 12.8 Å². The van der Waals surface area contributed by atoms with Gasteiger partial charge in [-0.3, -0.25) is 4.79 Å². The molecule has 1 saturated heterocycles. The fraction of sp³-hybridized carbons (Fsp3) is 0.900. The SMILES string of the molecule is O=C(O)C1(CC2CC2)CCOCC1. The van der Waals surface area contributed by atoms with Crippen LogP contribution in [0.4, 0.5) is 0 Å². The van der Waals surface area contributed by atoms with Crippen LogP contribution in [0.5, 0.6) is 0 Å². The summed E-state index contributed by atoms with van der Waals surface area (Å²) in [6.07, 6.45) is 4.76. The molecular weight excluding hydrogens is 168 g/mol. The normalized spacial score (nSPS) is 27.1. The van der Waals surface area contributed by atoms with Gasteiger partial charge in [0, 0.05) is 13.2 Å². The Kier molecular flexibility index (Phi) is 2.28. The molecule has 2 fully saturated rings. The Bertz CT molecular complexity index is 202. The summed E-state index contributed by atoms with van der Waals surface area (Å²) >= 11 is 0. The van der Waals surface area contributed by atoms with Crippen LogP contribution in [-0.2, 0) is 9.53 Å². The Morgan fingerprint density at radius 2 is 2.00 bits per heavy atom. The van der Waals surface area contributed by atoms with Crippen molar-refractivity contribution in [3.63, 3.8) is 0 Å². The molecule has 13 heavy (non-hydrogen) atoms. The molecule has 1 heterocycles. The lowest BCUT2D eigenvalue weighted by Crippen LogP contribution is -2.37. The largest absolute Gasteiger partial charge is 0.481 e. The second-order valence-electron chi connectivity index (χ2n) is 4.35. The van der Waals surface area contributed by atoms with Gasteiger partial charge in [-0.25, -0.2) is 0 Å². The van der Waals surface area contributed by atoms with Gasteiger partial charge in [-0.1, -0.05) is 12.8 Å². The molecule has 0 spiro atoms. The number of ether oxygens (including phenoxy) is 1. The number of hydrogen-bond donors (Lipinski definition) is 1.